The summed E-state index contributed by atoms with van der Waals surface area (Å²) in [6.07, 6.45) is 5.24. The Morgan fingerprint density at radius 2 is 2.14 bits per heavy atom. The molecule has 8 heteroatoms. The van der Waals surface area contributed by atoms with Gasteiger partial charge in [-0.1, -0.05) is 30.3 Å². The van der Waals surface area contributed by atoms with Crippen molar-refractivity contribution in [2.75, 3.05) is 19.6 Å². The van der Waals surface area contributed by atoms with Gasteiger partial charge in [0, 0.05) is 49.7 Å². The molecule has 2 aromatic heterocycles. The summed E-state index contributed by atoms with van der Waals surface area (Å²) in [5.41, 5.74) is 3.49. The number of guanidine groups is 1. The first-order valence-corrected chi connectivity index (χ1v) is 10.6. The SMILES string of the molecule is CCNC(=NCc1nc(-c2ccccc2)cs1)N1CCC(c2cnn(C)c2)C1.I. The summed E-state index contributed by atoms with van der Waals surface area (Å²) >= 11 is 1.67. The predicted molar refractivity (Wildman–Crippen MR) is 130 cm³/mol. The lowest BCUT2D eigenvalue weighted by Gasteiger charge is -2.21. The number of hydrogen-bond acceptors (Lipinski definition) is 4. The normalized spacial score (nSPS) is 16.7. The van der Waals surface area contributed by atoms with E-state index in [2.05, 4.69) is 45.9 Å². The molecule has 1 aliphatic rings. The van der Waals surface area contributed by atoms with E-state index in [9.17, 15) is 0 Å². The smallest absolute Gasteiger partial charge is 0.194 e. The van der Waals surface area contributed by atoms with Crippen molar-refractivity contribution in [2.45, 2.75) is 25.8 Å². The molecule has 0 spiro atoms. The van der Waals surface area contributed by atoms with Crippen molar-refractivity contribution in [3.05, 3.63) is 58.7 Å². The number of nitrogens with one attached hydrogen (secondary N) is 1. The molecule has 0 saturated carbocycles. The molecule has 1 atom stereocenters. The van der Waals surface area contributed by atoms with Crippen LogP contribution >= 0.6 is 35.3 Å². The minimum atomic E-state index is 0. The van der Waals surface area contributed by atoms with Crippen LogP contribution in [-0.4, -0.2) is 45.3 Å². The largest absolute Gasteiger partial charge is 0.357 e. The monoisotopic (exact) mass is 522 g/mol. The number of thiazole rings is 1. The summed E-state index contributed by atoms with van der Waals surface area (Å²) in [5, 5.41) is 10.9. The second-order valence-electron chi connectivity index (χ2n) is 7.04. The molecule has 3 heterocycles. The zero-order valence-corrected chi connectivity index (χ0v) is 19.9. The van der Waals surface area contributed by atoms with Gasteiger partial charge in [0.15, 0.2) is 5.96 Å². The molecular weight excluding hydrogens is 495 g/mol. The number of benzene rings is 1. The highest BCUT2D eigenvalue weighted by Gasteiger charge is 2.26. The number of aromatic nitrogens is 3. The van der Waals surface area contributed by atoms with E-state index in [1.54, 1.807) is 11.3 Å². The Kier molecular flexibility index (Phi) is 7.65. The zero-order valence-electron chi connectivity index (χ0n) is 16.8. The molecule has 0 amide bonds. The highest BCUT2D eigenvalue weighted by molar-refractivity contribution is 14.0. The number of aryl methyl sites for hydroxylation is 1. The highest BCUT2D eigenvalue weighted by atomic mass is 127. The standard InChI is InChI=1S/C21H26N6S.HI/c1-3-22-21(27-10-9-17(14-27)18-11-24-26(2)13-18)23-12-20-25-19(15-28-20)16-7-5-4-6-8-16;/h4-8,11,13,15,17H,3,9-10,12,14H2,1-2H3,(H,22,23);1H. The molecule has 4 rings (SSSR count). The maximum absolute atomic E-state index is 4.86. The van der Waals surface area contributed by atoms with Gasteiger partial charge in [0.05, 0.1) is 18.4 Å². The summed E-state index contributed by atoms with van der Waals surface area (Å²) in [6, 6.07) is 10.3. The number of halogens is 1. The summed E-state index contributed by atoms with van der Waals surface area (Å²) < 4.78 is 1.88. The van der Waals surface area contributed by atoms with E-state index in [1.807, 2.05) is 36.1 Å². The molecule has 29 heavy (non-hydrogen) atoms. The van der Waals surface area contributed by atoms with E-state index < -0.39 is 0 Å². The van der Waals surface area contributed by atoms with Gasteiger partial charge in [-0.2, -0.15) is 5.10 Å². The Labute approximate surface area is 193 Å². The number of rotatable bonds is 5. The molecule has 1 saturated heterocycles. The summed E-state index contributed by atoms with van der Waals surface area (Å²) in [4.78, 5) is 12.0. The van der Waals surface area contributed by atoms with E-state index >= 15 is 0 Å². The molecular formula is C21H27IN6S. The number of hydrogen-bond donors (Lipinski definition) is 1. The van der Waals surface area contributed by atoms with E-state index in [0.29, 0.717) is 12.5 Å². The molecule has 6 nitrogen and oxygen atoms in total. The van der Waals surface area contributed by atoms with Crippen LogP contribution in [0.2, 0.25) is 0 Å². The fraction of sp³-hybridized carbons (Fsp3) is 0.381. The Hall–Kier alpha value is -1.94. The van der Waals surface area contributed by atoms with E-state index in [4.69, 9.17) is 9.98 Å². The van der Waals surface area contributed by atoms with E-state index in [1.165, 1.54) is 5.56 Å². The maximum Gasteiger partial charge on any atom is 0.194 e. The van der Waals surface area contributed by atoms with Crippen LogP contribution in [0, 0.1) is 0 Å². The second-order valence-corrected chi connectivity index (χ2v) is 7.98. The quantitative estimate of drug-likeness (QED) is 0.311. The van der Waals surface area contributed by atoms with Gasteiger partial charge in [-0.15, -0.1) is 35.3 Å². The first kappa shape index (κ1) is 21.8. The zero-order chi connectivity index (χ0) is 19.3. The van der Waals surface area contributed by atoms with Gasteiger partial charge in [0.2, 0.25) is 0 Å². The Bertz CT molecular complexity index is 936. The van der Waals surface area contributed by atoms with Crippen LogP contribution in [0.15, 0.2) is 53.1 Å². The third-order valence-corrected chi connectivity index (χ3v) is 5.84. The first-order chi connectivity index (χ1) is 13.7. The van der Waals surface area contributed by atoms with Crippen molar-refractivity contribution >= 4 is 41.3 Å². The molecule has 0 radical (unpaired) electrons. The van der Waals surface area contributed by atoms with Crippen molar-refractivity contribution in [2.24, 2.45) is 12.0 Å². The fourth-order valence-corrected chi connectivity index (χ4v) is 4.30. The van der Waals surface area contributed by atoms with Crippen molar-refractivity contribution in [1.29, 1.82) is 0 Å². The van der Waals surface area contributed by atoms with Crippen molar-refractivity contribution < 1.29 is 0 Å². The minimum Gasteiger partial charge on any atom is -0.357 e. The van der Waals surface area contributed by atoms with Gasteiger partial charge >= 0.3 is 0 Å². The lowest BCUT2D eigenvalue weighted by molar-refractivity contribution is 0.486. The molecule has 0 aliphatic carbocycles. The average molecular weight is 522 g/mol. The molecule has 3 aromatic rings. The molecule has 1 unspecified atom stereocenters. The third-order valence-electron chi connectivity index (χ3n) is 5.00. The Morgan fingerprint density at radius 3 is 2.86 bits per heavy atom. The molecule has 1 N–H and O–H groups in total. The Balaban J connectivity index is 0.00000240. The van der Waals surface area contributed by atoms with Crippen LogP contribution in [0.1, 0.15) is 29.8 Å². The number of nitrogens with zero attached hydrogens (tertiary/aromatic N) is 5. The fourth-order valence-electron chi connectivity index (χ4n) is 3.57. The third kappa shape index (κ3) is 5.36. The van der Waals surface area contributed by atoms with Crippen LogP contribution in [-0.2, 0) is 13.6 Å². The summed E-state index contributed by atoms with van der Waals surface area (Å²) in [7, 11) is 1.97. The maximum atomic E-state index is 4.86. The van der Waals surface area contributed by atoms with Crippen LogP contribution in [0.3, 0.4) is 0 Å². The van der Waals surface area contributed by atoms with Crippen molar-refractivity contribution in [1.82, 2.24) is 25.0 Å². The minimum absolute atomic E-state index is 0. The van der Waals surface area contributed by atoms with Crippen molar-refractivity contribution in [3.63, 3.8) is 0 Å². The predicted octanol–water partition coefficient (Wildman–Crippen LogP) is 4.12. The lowest BCUT2D eigenvalue weighted by atomic mass is 10.0. The molecule has 0 bridgehead atoms. The van der Waals surface area contributed by atoms with E-state index in [-0.39, 0.29) is 24.0 Å². The first-order valence-electron chi connectivity index (χ1n) is 9.74. The molecule has 1 aliphatic heterocycles. The highest BCUT2D eigenvalue weighted by Crippen LogP contribution is 2.27. The van der Waals surface area contributed by atoms with E-state index in [0.717, 1.165) is 48.3 Å². The van der Waals surface area contributed by atoms with Crippen LogP contribution < -0.4 is 5.32 Å². The molecule has 154 valence electrons. The summed E-state index contributed by atoms with van der Waals surface area (Å²) in [6.45, 7) is 5.57. The molecule has 1 fully saturated rings. The van der Waals surface area contributed by atoms with Crippen LogP contribution in [0.4, 0.5) is 0 Å². The molecule has 1 aromatic carbocycles. The van der Waals surface area contributed by atoms with Gasteiger partial charge in [0.25, 0.3) is 0 Å². The topological polar surface area (TPSA) is 58.3 Å². The number of aliphatic imine (C=N–C) groups is 1. The van der Waals surface area contributed by atoms with Gasteiger partial charge in [-0.05, 0) is 18.9 Å². The summed E-state index contributed by atoms with van der Waals surface area (Å²) in [5.74, 6) is 1.49. The van der Waals surface area contributed by atoms with Crippen molar-refractivity contribution in [3.8, 4) is 11.3 Å². The van der Waals surface area contributed by atoms with Gasteiger partial charge in [0.1, 0.15) is 5.01 Å². The lowest BCUT2D eigenvalue weighted by Crippen LogP contribution is -2.40. The van der Waals surface area contributed by atoms with Crippen LogP contribution in [0.5, 0.6) is 0 Å². The Morgan fingerprint density at radius 1 is 1.31 bits per heavy atom. The van der Waals surface area contributed by atoms with Crippen LogP contribution in [0.25, 0.3) is 11.3 Å². The van der Waals surface area contributed by atoms with Gasteiger partial charge in [-0.25, -0.2) is 9.98 Å². The number of likely N-dealkylation sites (tertiary alicyclic amines) is 1. The average Bonchev–Trinajstić information content (AvgIpc) is 3.46. The van der Waals surface area contributed by atoms with Gasteiger partial charge in [-0.3, -0.25) is 4.68 Å². The van der Waals surface area contributed by atoms with Gasteiger partial charge < -0.3 is 10.2 Å². The second kappa shape index (κ2) is 10.2.